The molecule has 0 saturated carbocycles. The number of aromatic nitrogens is 1. The third-order valence-electron chi connectivity index (χ3n) is 2.05. The van der Waals surface area contributed by atoms with Crippen LogP contribution >= 0.6 is 0 Å². The molecule has 0 fully saturated rings. The minimum Gasteiger partial charge on any atom is -0.480 e. The second kappa shape index (κ2) is 4.13. The highest BCUT2D eigenvalue weighted by Gasteiger charge is 2.27. The summed E-state index contributed by atoms with van der Waals surface area (Å²) in [5.41, 5.74) is 4.22. The van der Waals surface area contributed by atoms with Gasteiger partial charge in [-0.25, -0.2) is 0 Å². The number of nitrogens with two attached hydrogens (primary N) is 1. The Hall–Kier alpha value is -1.56. The van der Waals surface area contributed by atoms with E-state index in [-0.39, 0.29) is 11.3 Å². The van der Waals surface area contributed by atoms with E-state index in [0.717, 1.165) is 0 Å². The van der Waals surface area contributed by atoms with Crippen LogP contribution in [-0.2, 0) is 16.6 Å². The second-order valence-electron chi connectivity index (χ2n) is 4.56. The van der Waals surface area contributed by atoms with Crippen molar-refractivity contribution >= 4 is 5.97 Å². The number of hydrogen-bond donors (Lipinski definition) is 3. The van der Waals surface area contributed by atoms with Crippen molar-refractivity contribution in [3.63, 3.8) is 0 Å². The average molecular weight is 230 g/mol. The molecule has 0 saturated heterocycles. The quantitative estimate of drug-likeness (QED) is 0.688. The number of aromatic amines is 1. The van der Waals surface area contributed by atoms with Crippen molar-refractivity contribution in [2.45, 2.75) is 38.6 Å². The van der Waals surface area contributed by atoms with Gasteiger partial charge in [-0.1, -0.05) is 20.8 Å². The minimum atomic E-state index is -1.46. The van der Waals surface area contributed by atoms with Gasteiger partial charge in [-0.05, 0) is 0 Å². The van der Waals surface area contributed by atoms with Crippen LogP contribution in [0.3, 0.4) is 0 Å². The largest absolute Gasteiger partial charge is 0.480 e. The normalized spacial score (nSPS) is 16.6. The number of H-pyrrole nitrogens is 1. The molecule has 0 amide bonds. The van der Waals surface area contributed by atoms with Crippen LogP contribution in [0.4, 0.5) is 0 Å². The predicted octanol–water partition coefficient (Wildman–Crippen LogP) is 0.220. The lowest BCUT2D eigenvalue weighted by Crippen LogP contribution is -2.34. The van der Waals surface area contributed by atoms with Crippen molar-refractivity contribution in [2.75, 3.05) is 0 Å². The van der Waals surface area contributed by atoms with Gasteiger partial charge in [0.05, 0.1) is 5.56 Å². The zero-order valence-corrected chi connectivity index (χ0v) is 9.40. The summed E-state index contributed by atoms with van der Waals surface area (Å²) < 4.78 is 12.7. The molecule has 1 heterocycles. The van der Waals surface area contributed by atoms with Crippen LogP contribution in [0.5, 0.6) is 0 Å². The molecule has 1 unspecified atom stereocenters. The van der Waals surface area contributed by atoms with Crippen LogP contribution in [0, 0.1) is 0 Å². The Morgan fingerprint density at radius 1 is 1.69 bits per heavy atom. The van der Waals surface area contributed by atoms with Crippen LogP contribution in [0.25, 0.3) is 0 Å². The van der Waals surface area contributed by atoms with Gasteiger partial charge >= 0.3 is 5.97 Å². The van der Waals surface area contributed by atoms with E-state index in [2.05, 4.69) is 5.16 Å². The van der Waals surface area contributed by atoms with Crippen LogP contribution in [0.15, 0.2) is 9.32 Å². The lowest BCUT2D eigenvalue weighted by Gasteiger charge is -2.16. The topological polar surface area (TPSA) is 109 Å². The Bertz CT molecular complexity index is 471. The molecule has 4 N–H and O–H groups in total. The number of hydrogen-bond acceptors (Lipinski definition) is 4. The lowest BCUT2D eigenvalue weighted by atomic mass is 9.89. The van der Waals surface area contributed by atoms with E-state index in [4.69, 9.17) is 16.7 Å². The maximum atomic E-state index is 11.5. The number of carboxylic acids is 1. The van der Waals surface area contributed by atoms with Crippen molar-refractivity contribution in [1.82, 2.24) is 5.16 Å². The molecule has 1 rings (SSSR count). The minimum absolute atomic E-state index is 0.0209. The number of nitrogens with one attached hydrogen (secondary N) is 1. The molecule has 0 radical (unpaired) electrons. The van der Waals surface area contributed by atoms with Gasteiger partial charge in [0.25, 0.3) is 5.56 Å². The first-order valence-corrected chi connectivity index (χ1v) is 4.78. The van der Waals surface area contributed by atoms with Crippen molar-refractivity contribution in [3.8, 4) is 0 Å². The maximum Gasteiger partial charge on any atom is 0.320 e. The fourth-order valence-electron chi connectivity index (χ4n) is 1.27. The third kappa shape index (κ3) is 2.52. The fourth-order valence-corrected chi connectivity index (χ4v) is 1.27. The Kier molecular flexibility index (Phi) is 2.82. The number of carboxylic acid groups (broad SMARTS) is 1. The van der Waals surface area contributed by atoms with Gasteiger partial charge in [-0.3, -0.25) is 9.59 Å². The van der Waals surface area contributed by atoms with E-state index >= 15 is 0 Å². The molecule has 1 aromatic rings. The molecule has 6 heteroatoms. The van der Waals surface area contributed by atoms with Gasteiger partial charge in [0, 0.05) is 13.2 Å². The van der Waals surface area contributed by atoms with Crippen LogP contribution in [0.2, 0.25) is 0 Å². The van der Waals surface area contributed by atoms with Crippen molar-refractivity contribution in [2.24, 2.45) is 5.73 Å². The average Bonchev–Trinajstić information content (AvgIpc) is 2.57. The first kappa shape index (κ1) is 10.9. The van der Waals surface area contributed by atoms with E-state index in [1.165, 1.54) is 0 Å². The highest BCUT2D eigenvalue weighted by molar-refractivity contribution is 5.73. The van der Waals surface area contributed by atoms with Crippen LogP contribution in [0.1, 0.15) is 33.5 Å². The van der Waals surface area contributed by atoms with Crippen molar-refractivity contribution < 1.29 is 15.8 Å². The Balaban J connectivity index is 3.27. The molecule has 0 spiro atoms. The van der Waals surface area contributed by atoms with Crippen molar-refractivity contribution in [3.05, 3.63) is 21.7 Å². The highest BCUT2D eigenvalue weighted by atomic mass is 16.5. The second-order valence-corrected chi connectivity index (χ2v) is 4.56. The standard InChI is InChI=1S/C10H16N2O4/c1-10(2,3)7-5(8(13)12-16-7)4-6(11)9(14)15/h6H,4,11H2,1-3H3,(H,12,13)(H,14,15)/i4T/t4-,6?/m0/s1. The van der Waals surface area contributed by atoms with E-state index in [9.17, 15) is 9.59 Å². The molecule has 0 aliphatic heterocycles. The van der Waals surface area contributed by atoms with Gasteiger partial charge < -0.3 is 15.4 Å². The number of carbonyl (C=O) groups is 1. The monoisotopic (exact) mass is 230 g/mol. The summed E-state index contributed by atoms with van der Waals surface area (Å²) in [6.45, 7) is 5.38. The Morgan fingerprint density at radius 2 is 2.25 bits per heavy atom. The zero-order chi connectivity index (χ0) is 13.4. The predicted molar refractivity (Wildman–Crippen MR) is 57.3 cm³/mol. The highest BCUT2D eigenvalue weighted by Crippen LogP contribution is 2.24. The van der Waals surface area contributed by atoms with Gasteiger partial charge in [-0.15, -0.1) is 0 Å². The fraction of sp³-hybridized carbons (Fsp3) is 0.600. The molecule has 1 aromatic heterocycles. The molecule has 6 nitrogen and oxygen atoms in total. The van der Waals surface area contributed by atoms with E-state index in [1.54, 1.807) is 20.8 Å². The van der Waals surface area contributed by atoms with Gasteiger partial charge in [0.2, 0.25) is 0 Å². The van der Waals surface area contributed by atoms with E-state index in [0.29, 0.717) is 0 Å². The van der Waals surface area contributed by atoms with Gasteiger partial charge in [-0.2, -0.15) is 5.16 Å². The first-order chi connectivity index (χ1) is 7.66. The summed E-state index contributed by atoms with van der Waals surface area (Å²) in [6, 6.07) is -1.46. The molecular weight excluding hydrogens is 212 g/mol. The SMILES string of the molecule is [3H][C@@H](c1c(C(C)(C)C)o[nH]c1=O)C(N)C(=O)O. The summed E-state index contributed by atoms with van der Waals surface area (Å²) in [5.74, 6) is -1.07. The van der Waals surface area contributed by atoms with Crippen molar-refractivity contribution in [1.29, 1.82) is 0 Å². The summed E-state index contributed by atoms with van der Waals surface area (Å²) in [5, 5.41) is 10.9. The zero-order valence-electron chi connectivity index (χ0n) is 10.4. The molecule has 0 bridgehead atoms. The first-order valence-electron chi connectivity index (χ1n) is 5.36. The smallest absolute Gasteiger partial charge is 0.320 e. The third-order valence-corrected chi connectivity index (χ3v) is 2.05. The molecule has 0 aliphatic rings. The van der Waals surface area contributed by atoms with E-state index in [1.807, 2.05) is 0 Å². The molecule has 0 aromatic carbocycles. The Morgan fingerprint density at radius 3 is 2.69 bits per heavy atom. The number of aliphatic carboxylic acids is 1. The Labute approximate surface area is 93.8 Å². The summed E-state index contributed by atoms with van der Waals surface area (Å²) in [4.78, 5) is 22.3. The molecule has 2 atom stereocenters. The summed E-state index contributed by atoms with van der Waals surface area (Å²) in [6.07, 6.45) is -1.36. The van der Waals surface area contributed by atoms with Crippen LogP contribution < -0.4 is 11.3 Å². The molecular formula is C10H16N2O4. The maximum absolute atomic E-state index is 11.5. The molecule has 90 valence electrons. The summed E-state index contributed by atoms with van der Waals surface area (Å²) >= 11 is 0. The summed E-state index contributed by atoms with van der Waals surface area (Å²) in [7, 11) is 0. The van der Waals surface area contributed by atoms with E-state index < -0.39 is 29.4 Å². The van der Waals surface area contributed by atoms with Gasteiger partial charge in [0.1, 0.15) is 11.8 Å². The lowest BCUT2D eigenvalue weighted by molar-refractivity contribution is -0.138. The number of rotatable bonds is 3. The van der Waals surface area contributed by atoms with Crippen LogP contribution in [-0.4, -0.2) is 22.3 Å². The van der Waals surface area contributed by atoms with Gasteiger partial charge in [0.15, 0.2) is 0 Å². The molecule has 0 aliphatic carbocycles. The molecule has 16 heavy (non-hydrogen) atoms.